The van der Waals surface area contributed by atoms with E-state index < -0.39 is 0 Å². The molecular weight excluding hydrogens is 246 g/mol. The summed E-state index contributed by atoms with van der Waals surface area (Å²) in [4.78, 5) is 2.58. The Kier molecular flexibility index (Phi) is 6.06. The van der Waals surface area contributed by atoms with Gasteiger partial charge in [0.2, 0.25) is 0 Å². The molecule has 0 aromatic heterocycles. The molecule has 0 bridgehead atoms. The minimum Gasteiger partial charge on any atom is -0.373 e. The Labute approximate surface area is 124 Å². The van der Waals surface area contributed by atoms with Gasteiger partial charge >= 0.3 is 0 Å². The van der Waals surface area contributed by atoms with E-state index in [0.29, 0.717) is 12.2 Å². The molecule has 1 saturated heterocycles. The van der Waals surface area contributed by atoms with E-state index in [1.54, 1.807) is 0 Å². The van der Waals surface area contributed by atoms with E-state index in [2.05, 4.69) is 56.0 Å². The van der Waals surface area contributed by atoms with Gasteiger partial charge < -0.3 is 4.74 Å². The second-order valence-corrected chi connectivity index (χ2v) is 6.46. The maximum Gasteiger partial charge on any atom is 0.0678 e. The van der Waals surface area contributed by atoms with Crippen LogP contribution in [0.25, 0.3) is 0 Å². The molecule has 1 aromatic carbocycles. The summed E-state index contributed by atoms with van der Waals surface area (Å²) >= 11 is 0. The molecule has 1 aliphatic heterocycles. The van der Waals surface area contributed by atoms with Gasteiger partial charge in [-0.15, -0.1) is 0 Å². The van der Waals surface area contributed by atoms with Gasteiger partial charge in [0.15, 0.2) is 0 Å². The maximum atomic E-state index is 5.80. The van der Waals surface area contributed by atoms with Crippen LogP contribution in [0.5, 0.6) is 0 Å². The number of morpholine rings is 1. The molecule has 2 nitrogen and oxygen atoms in total. The van der Waals surface area contributed by atoms with E-state index in [9.17, 15) is 0 Å². The number of hydrogen-bond acceptors (Lipinski definition) is 2. The van der Waals surface area contributed by atoms with Crippen molar-refractivity contribution in [3.8, 4) is 0 Å². The minimum atomic E-state index is 0.385. The molecule has 0 radical (unpaired) electrons. The number of hydrogen-bond donors (Lipinski definition) is 0. The highest BCUT2D eigenvalue weighted by Gasteiger charge is 2.22. The summed E-state index contributed by atoms with van der Waals surface area (Å²) in [6, 6.07) is 10.8. The average Bonchev–Trinajstić information content (AvgIpc) is 2.38. The first kappa shape index (κ1) is 15.5. The van der Waals surface area contributed by atoms with Crippen molar-refractivity contribution in [1.29, 1.82) is 0 Å². The fourth-order valence-electron chi connectivity index (χ4n) is 3.26. The third-order valence-electron chi connectivity index (χ3n) is 4.07. The Morgan fingerprint density at radius 3 is 2.45 bits per heavy atom. The summed E-state index contributed by atoms with van der Waals surface area (Å²) < 4.78 is 5.80. The zero-order chi connectivity index (χ0) is 14.4. The summed E-state index contributed by atoms with van der Waals surface area (Å²) in [5.41, 5.74) is 1.47. The Balaban J connectivity index is 1.66. The highest BCUT2D eigenvalue weighted by atomic mass is 16.5. The van der Waals surface area contributed by atoms with Crippen LogP contribution < -0.4 is 0 Å². The number of nitrogens with zero attached hydrogens (tertiary/aromatic N) is 1. The monoisotopic (exact) mass is 275 g/mol. The quantitative estimate of drug-likeness (QED) is 0.784. The molecule has 0 amide bonds. The molecule has 0 aliphatic carbocycles. The van der Waals surface area contributed by atoms with Crippen LogP contribution >= 0.6 is 0 Å². The largest absolute Gasteiger partial charge is 0.373 e. The summed E-state index contributed by atoms with van der Waals surface area (Å²) in [5, 5.41) is 0. The van der Waals surface area contributed by atoms with Crippen LogP contribution in [0.1, 0.15) is 39.2 Å². The lowest BCUT2D eigenvalue weighted by molar-refractivity contribution is -0.0711. The van der Waals surface area contributed by atoms with E-state index in [1.165, 1.54) is 31.4 Å². The molecule has 1 aromatic rings. The molecule has 2 rings (SSSR count). The van der Waals surface area contributed by atoms with Crippen LogP contribution in [0.4, 0.5) is 0 Å². The molecule has 1 fully saturated rings. The SMILES string of the molecule is CC(CCCc1ccccc1)CN1C[C@@H](C)O[C@@H](C)C1. The fourth-order valence-corrected chi connectivity index (χ4v) is 3.26. The van der Waals surface area contributed by atoms with Crippen LogP contribution in [-0.2, 0) is 11.2 Å². The number of aryl methyl sites for hydroxylation is 1. The topological polar surface area (TPSA) is 12.5 Å². The molecule has 0 N–H and O–H groups in total. The highest BCUT2D eigenvalue weighted by molar-refractivity contribution is 5.14. The van der Waals surface area contributed by atoms with Gasteiger partial charge in [-0.2, -0.15) is 0 Å². The predicted molar refractivity (Wildman–Crippen MR) is 85.0 cm³/mol. The lowest BCUT2D eigenvalue weighted by atomic mass is 10.00. The van der Waals surface area contributed by atoms with Crippen molar-refractivity contribution in [2.45, 2.75) is 52.2 Å². The zero-order valence-electron chi connectivity index (χ0n) is 13.2. The molecule has 112 valence electrons. The lowest BCUT2D eigenvalue weighted by Gasteiger charge is -2.36. The molecule has 2 heteroatoms. The molecule has 1 heterocycles. The second-order valence-electron chi connectivity index (χ2n) is 6.46. The normalized spacial score (nSPS) is 25.6. The lowest BCUT2D eigenvalue weighted by Crippen LogP contribution is -2.46. The Morgan fingerprint density at radius 2 is 1.80 bits per heavy atom. The van der Waals surface area contributed by atoms with E-state index in [1.807, 2.05) is 0 Å². The number of ether oxygens (including phenoxy) is 1. The summed E-state index contributed by atoms with van der Waals surface area (Å²) in [6.45, 7) is 10.1. The highest BCUT2D eigenvalue weighted by Crippen LogP contribution is 2.16. The molecule has 0 saturated carbocycles. The van der Waals surface area contributed by atoms with Gasteiger partial charge in [0.1, 0.15) is 0 Å². The molecule has 3 atom stereocenters. The first-order chi connectivity index (χ1) is 9.63. The smallest absolute Gasteiger partial charge is 0.0678 e. The molecule has 1 aliphatic rings. The maximum absolute atomic E-state index is 5.80. The summed E-state index contributed by atoms with van der Waals surface area (Å²) in [7, 11) is 0. The fraction of sp³-hybridized carbons (Fsp3) is 0.667. The van der Waals surface area contributed by atoms with Crippen molar-refractivity contribution in [2.75, 3.05) is 19.6 Å². The Morgan fingerprint density at radius 1 is 1.15 bits per heavy atom. The Hall–Kier alpha value is -0.860. The van der Waals surface area contributed by atoms with Crippen molar-refractivity contribution in [3.63, 3.8) is 0 Å². The van der Waals surface area contributed by atoms with Crippen LogP contribution in [0.15, 0.2) is 30.3 Å². The van der Waals surface area contributed by atoms with E-state index in [0.717, 1.165) is 19.0 Å². The van der Waals surface area contributed by atoms with E-state index >= 15 is 0 Å². The van der Waals surface area contributed by atoms with Crippen molar-refractivity contribution in [2.24, 2.45) is 5.92 Å². The van der Waals surface area contributed by atoms with Gasteiger partial charge in [-0.1, -0.05) is 37.3 Å². The van der Waals surface area contributed by atoms with Gasteiger partial charge in [-0.3, -0.25) is 4.90 Å². The minimum absolute atomic E-state index is 0.385. The van der Waals surface area contributed by atoms with Gasteiger partial charge in [-0.05, 0) is 44.6 Å². The van der Waals surface area contributed by atoms with E-state index in [4.69, 9.17) is 4.74 Å². The first-order valence-electron chi connectivity index (χ1n) is 8.05. The standard InChI is InChI=1S/C18H29NO/c1-15(8-7-11-18-9-5-4-6-10-18)12-19-13-16(2)20-17(3)14-19/h4-6,9-10,15-17H,7-8,11-14H2,1-3H3/t15?,16-,17+. The second kappa shape index (κ2) is 7.80. The van der Waals surface area contributed by atoms with Crippen molar-refractivity contribution < 1.29 is 4.74 Å². The summed E-state index contributed by atoms with van der Waals surface area (Å²) in [5.74, 6) is 0.774. The van der Waals surface area contributed by atoms with Crippen LogP contribution in [0.3, 0.4) is 0 Å². The number of rotatable bonds is 6. The van der Waals surface area contributed by atoms with Gasteiger partial charge in [-0.25, -0.2) is 0 Å². The van der Waals surface area contributed by atoms with Crippen LogP contribution in [-0.4, -0.2) is 36.7 Å². The first-order valence-corrected chi connectivity index (χ1v) is 8.05. The Bertz CT molecular complexity index is 368. The predicted octanol–water partition coefficient (Wildman–Crippen LogP) is 3.75. The van der Waals surface area contributed by atoms with Crippen molar-refractivity contribution in [3.05, 3.63) is 35.9 Å². The zero-order valence-corrected chi connectivity index (χ0v) is 13.2. The summed E-state index contributed by atoms with van der Waals surface area (Å²) in [6.07, 6.45) is 4.59. The van der Waals surface area contributed by atoms with Gasteiger partial charge in [0.25, 0.3) is 0 Å². The number of benzene rings is 1. The van der Waals surface area contributed by atoms with Gasteiger partial charge in [0.05, 0.1) is 12.2 Å². The molecule has 1 unspecified atom stereocenters. The molecular formula is C18H29NO. The van der Waals surface area contributed by atoms with Crippen molar-refractivity contribution >= 4 is 0 Å². The van der Waals surface area contributed by atoms with Crippen molar-refractivity contribution in [1.82, 2.24) is 4.90 Å². The van der Waals surface area contributed by atoms with Gasteiger partial charge in [0, 0.05) is 19.6 Å². The third-order valence-corrected chi connectivity index (χ3v) is 4.07. The van der Waals surface area contributed by atoms with Crippen LogP contribution in [0.2, 0.25) is 0 Å². The molecule has 0 spiro atoms. The third kappa shape index (κ3) is 5.26. The average molecular weight is 275 g/mol. The van der Waals surface area contributed by atoms with Crippen LogP contribution in [0, 0.1) is 5.92 Å². The molecule has 20 heavy (non-hydrogen) atoms. The van der Waals surface area contributed by atoms with E-state index in [-0.39, 0.29) is 0 Å².